The van der Waals surface area contributed by atoms with Gasteiger partial charge >= 0.3 is 0 Å². The Balaban J connectivity index is 1.87. The van der Waals surface area contributed by atoms with E-state index in [1.807, 2.05) is 55.5 Å². The van der Waals surface area contributed by atoms with Gasteiger partial charge in [0.1, 0.15) is 16.2 Å². The number of nitrogens with zero attached hydrogens (tertiary/aromatic N) is 3. The minimum atomic E-state index is -4.02. The molecule has 0 fully saturated rings. The molecule has 160 valence electrons. The van der Waals surface area contributed by atoms with E-state index < -0.39 is 9.84 Å². The molecule has 0 aliphatic heterocycles. The summed E-state index contributed by atoms with van der Waals surface area (Å²) in [5, 5.41) is 0.322. The molecule has 0 amide bonds. The van der Waals surface area contributed by atoms with Crippen molar-refractivity contribution in [2.24, 2.45) is 0 Å². The van der Waals surface area contributed by atoms with Crippen molar-refractivity contribution in [2.45, 2.75) is 22.8 Å². The lowest BCUT2D eigenvalue weighted by Gasteiger charge is -2.17. The molecule has 0 unspecified atom stereocenters. The van der Waals surface area contributed by atoms with E-state index in [9.17, 15) is 8.42 Å². The van der Waals surface area contributed by atoms with Gasteiger partial charge in [0, 0.05) is 5.02 Å². The number of anilines is 1. The first-order valence-electron chi connectivity index (χ1n) is 9.99. The predicted molar refractivity (Wildman–Crippen MR) is 127 cm³/mol. The molecule has 3 aromatic carbocycles. The molecule has 5 rings (SSSR count). The second-order valence-electron chi connectivity index (χ2n) is 7.52. The molecular weight excluding hydrogens is 444 g/mol. The third-order valence-electron chi connectivity index (χ3n) is 5.53. The van der Waals surface area contributed by atoms with Gasteiger partial charge in [0.25, 0.3) is 0 Å². The van der Waals surface area contributed by atoms with Gasteiger partial charge in [-0.05, 0) is 42.8 Å². The lowest BCUT2D eigenvalue weighted by Crippen LogP contribution is -2.12. The Hall–Kier alpha value is -3.42. The highest BCUT2D eigenvalue weighted by atomic mass is 35.5. The molecule has 32 heavy (non-hydrogen) atoms. The van der Waals surface area contributed by atoms with Gasteiger partial charge in [0.05, 0.1) is 22.0 Å². The van der Waals surface area contributed by atoms with E-state index in [2.05, 4.69) is 4.98 Å². The summed E-state index contributed by atoms with van der Waals surface area (Å²) in [6, 6.07) is 22.9. The molecule has 0 spiro atoms. The van der Waals surface area contributed by atoms with Crippen molar-refractivity contribution in [3.05, 3.63) is 89.4 Å². The standard InChI is InChI=1S/C24H19ClN4O2S/c1-15(16-8-3-2-4-9-16)29-23(26)22(32(30,31)18-11-7-10-17(25)14-18)21-24(29)28-20-13-6-5-12-19(20)27-21/h2-15H,26H2,1H3/t15-/m1/s1. The van der Waals surface area contributed by atoms with Crippen LogP contribution in [0.3, 0.4) is 0 Å². The Morgan fingerprint density at radius 3 is 2.25 bits per heavy atom. The number of hydrogen-bond donors (Lipinski definition) is 1. The van der Waals surface area contributed by atoms with Gasteiger partial charge in [-0.1, -0.05) is 60.1 Å². The van der Waals surface area contributed by atoms with Crippen LogP contribution in [0.25, 0.3) is 22.2 Å². The van der Waals surface area contributed by atoms with Crippen molar-refractivity contribution >= 4 is 49.5 Å². The maximum Gasteiger partial charge on any atom is 0.212 e. The Kier molecular flexibility index (Phi) is 4.87. The SMILES string of the molecule is C[C@H](c1ccccc1)n1c(N)c(S(=O)(=O)c2cccc(Cl)c2)c2nc3ccccc3nc21. The van der Waals surface area contributed by atoms with Crippen molar-refractivity contribution in [1.82, 2.24) is 14.5 Å². The zero-order valence-corrected chi connectivity index (χ0v) is 18.7. The average molecular weight is 463 g/mol. The smallest absolute Gasteiger partial charge is 0.212 e. The Bertz CT molecular complexity index is 1580. The highest BCUT2D eigenvalue weighted by Gasteiger charge is 2.32. The predicted octanol–water partition coefficient (Wildman–Crippen LogP) is 5.26. The number of halogens is 1. The van der Waals surface area contributed by atoms with Crippen LogP contribution in [0.1, 0.15) is 18.5 Å². The molecule has 0 saturated carbocycles. The fourth-order valence-electron chi connectivity index (χ4n) is 3.95. The molecule has 0 aliphatic carbocycles. The zero-order valence-electron chi connectivity index (χ0n) is 17.1. The molecule has 2 heterocycles. The minimum Gasteiger partial charge on any atom is -0.384 e. The maximum atomic E-state index is 13.7. The second kappa shape index (κ2) is 7.62. The Labute approximate surface area is 190 Å². The van der Waals surface area contributed by atoms with E-state index >= 15 is 0 Å². The molecule has 5 aromatic rings. The van der Waals surface area contributed by atoms with Crippen LogP contribution in [0.5, 0.6) is 0 Å². The quantitative estimate of drug-likeness (QED) is 0.393. The first kappa shape index (κ1) is 20.5. The number of rotatable bonds is 4. The largest absolute Gasteiger partial charge is 0.384 e. The second-order valence-corrected chi connectivity index (χ2v) is 9.84. The molecule has 8 heteroatoms. The molecule has 2 aromatic heterocycles. The van der Waals surface area contributed by atoms with Gasteiger partial charge in [-0.3, -0.25) is 0 Å². The molecule has 2 N–H and O–H groups in total. The summed E-state index contributed by atoms with van der Waals surface area (Å²) < 4.78 is 29.2. The molecule has 1 atom stereocenters. The van der Waals surface area contributed by atoms with E-state index in [4.69, 9.17) is 22.3 Å². The third kappa shape index (κ3) is 3.21. The van der Waals surface area contributed by atoms with Crippen molar-refractivity contribution in [2.75, 3.05) is 5.73 Å². The van der Waals surface area contributed by atoms with Gasteiger partial charge < -0.3 is 10.3 Å². The number of benzene rings is 3. The highest BCUT2D eigenvalue weighted by Crippen LogP contribution is 2.38. The number of aromatic nitrogens is 3. The van der Waals surface area contributed by atoms with Crippen LogP contribution in [0.4, 0.5) is 5.82 Å². The van der Waals surface area contributed by atoms with Gasteiger partial charge in [0.15, 0.2) is 5.65 Å². The molecule has 6 nitrogen and oxygen atoms in total. The van der Waals surface area contributed by atoms with Crippen LogP contribution < -0.4 is 5.73 Å². The van der Waals surface area contributed by atoms with E-state index in [0.29, 0.717) is 21.7 Å². The zero-order chi connectivity index (χ0) is 22.5. The lowest BCUT2D eigenvalue weighted by molar-refractivity contribution is 0.596. The summed E-state index contributed by atoms with van der Waals surface area (Å²) in [5.41, 5.74) is 9.42. The third-order valence-corrected chi connectivity index (χ3v) is 7.58. The normalized spacial score (nSPS) is 12.9. The van der Waals surface area contributed by atoms with Gasteiger partial charge in [0.2, 0.25) is 9.84 Å². The number of nitrogens with two attached hydrogens (primary N) is 1. The Morgan fingerprint density at radius 2 is 1.56 bits per heavy atom. The van der Waals surface area contributed by atoms with Gasteiger partial charge in [-0.15, -0.1) is 0 Å². The molecule has 0 bridgehead atoms. The summed E-state index contributed by atoms with van der Waals surface area (Å²) in [7, 11) is -4.02. The molecular formula is C24H19ClN4O2S. The van der Waals surface area contributed by atoms with Gasteiger partial charge in [-0.25, -0.2) is 18.4 Å². The molecule has 0 aliphatic rings. The van der Waals surface area contributed by atoms with Crippen molar-refractivity contribution in [1.29, 1.82) is 0 Å². The van der Waals surface area contributed by atoms with Crippen LogP contribution in [-0.4, -0.2) is 23.0 Å². The van der Waals surface area contributed by atoms with Crippen LogP contribution >= 0.6 is 11.6 Å². The number of sulfone groups is 1. The number of nitrogen functional groups attached to an aromatic ring is 1. The van der Waals surface area contributed by atoms with Crippen LogP contribution in [0, 0.1) is 0 Å². The monoisotopic (exact) mass is 462 g/mol. The molecule has 0 saturated heterocycles. The summed E-state index contributed by atoms with van der Waals surface area (Å²) in [6.45, 7) is 1.96. The van der Waals surface area contributed by atoms with E-state index in [-0.39, 0.29) is 27.2 Å². The first-order valence-corrected chi connectivity index (χ1v) is 11.9. The van der Waals surface area contributed by atoms with Crippen molar-refractivity contribution in [3.8, 4) is 0 Å². The van der Waals surface area contributed by atoms with Gasteiger partial charge in [-0.2, -0.15) is 0 Å². The Morgan fingerprint density at radius 1 is 0.906 bits per heavy atom. The van der Waals surface area contributed by atoms with Crippen LogP contribution in [-0.2, 0) is 9.84 Å². The van der Waals surface area contributed by atoms with Crippen LogP contribution in [0.15, 0.2) is 88.7 Å². The number of hydrogen-bond acceptors (Lipinski definition) is 5. The first-order chi connectivity index (χ1) is 15.4. The maximum absolute atomic E-state index is 13.7. The minimum absolute atomic E-state index is 0.0538. The number of para-hydroxylation sites is 2. The summed E-state index contributed by atoms with van der Waals surface area (Å²) in [4.78, 5) is 9.43. The van der Waals surface area contributed by atoms with E-state index in [0.717, 1.165) is 5.56 Å². The highest BCUT2D eigenvalue weighted by molar-refractivity contribution is 7.92. The van der Waals surface area contributed by atoms with Crippen molar-refractivity contribution < 1.29 is 8.42 Å². The topological polar surface area (TPSA) is 90.9 Å². The van der Waals surface area contributed by atoms with E-state index in [1.54, 1.807) is 22.8 Å². The molecule has 0 radical (unpaired) electrons. The average Bonchev–Trinajstić information content (AvgIpc) is 3.08. The van der Waals surface area contributed by atoms with E-state index in [1.165, 1.54) is 12.1 Å². The fourth-order valence-corrected chi connectivity index (χ4v) is 5.74. The fraction of sp³-hybridized carbons (Fsp3) is 0.0833. The summed E-state index contributed by atoms with van der Waals surface area (Å²) in [5.74, 6) is 0.0895. The van der Waals surface area contributed by atoms with Crippen LogP contribution in [0.2, 0.25) is 5.02 Å². The summed E-state index contributed by atoms with van der Waals surface area (Å²) >= 11 is 6.08. The number of fused-ring (bicyclic) bond motifs is 2. The summed E-state index contributed by atoms with van der Waals surface area (Å²) in [6.07, 6.45) is 0. The lowest BCUT2D eigenvalue weighted by atomic mass is 10.1. The van der Waals surface area contributed by atoms with Crippen molar-refractivity contribution in [3.63, 3.8) is 0 Å².